The summed E-state index contributed by atoms with van der Waals surface area (Å²) in [7, 11) is 0. The summed E-state index contributed by atoms with van der Waals surface area (Å²) in [5.41, 5.74) is 1.19. The molecule has 2 heterocycles. The lowest BCUT2D eigenvalue weighted by Crippen LogP contribution is -2.47. The lowest BCUT2D eigenvalue weighted by atomic mass is 9.96. The quantitative estimate of drug-likeness (QED) is 0.868. The van der Waals surface area contributed by atoms with Gasteiger partial charge in [-0.05, 0) is 51.3 Å². The van der Waals surface area contributed by atoms with Gasteiger partial charge >= 0.3 is 0 Å². The Kier molecular flexibility index (Phi) is 4.05. The van der Waals surface area contributed by atoms with Gasteiger partial charge in [0.1, 0.15) is 5.75 Å². The predicted octanol–water partition coefficient (Wildman–Crippen LogP) is 2.81. The molecule has 1 N–H and O–H groups in total. The van der Waals surface area contributed by atoms with Crippen LogP contribution in [0.5, 0.6) is 5.75 Å². The van der Waals surface area contributed by atoms with Gasteiger partial charge in [-0.15, -0.1) is 0 Å². The smallest absolute Gasteiger partial charge is 0.254 e. The largest absolute Gasteiger partial charge is 0.491 e. The van der Waals surface area contributed by atoms with E-state index < -0.39 is 0 Å². The van der Waals surface area contributed by atoms with Crippen LogP contribution in [0.4, 0.5) is 5.69 Å². The van der Waals surface area contributed by atoms with E-state index >= 15 is 0 Å². The number of anilines is 1. The first-order chi connectivity index (χ1) is 10.6. The van der Waals surface area contributed by atoms with Crippen molar-refractivity contribution in [3.8, 4) is 5.75 Å². The molecule has 0 bridgehead atoms. The summed E-state index contributed by atoms with van der Waals surface area (Å²) < 4.78 is 5.53. The van der Waals surface area contributed by atoms with E-state index in [1.54, 1.807) is 18.2 Å². The van der Waals surface area contributed by atoms with Crippen LogP contribution < -0.4 is 10.1 Å². The fraction of sp³-hybridized carbons (Fsp3) is 0.529. The van der Waals surface area contributed by atoms with Crippen LogP contribution in [-0.2, 0) is 4.79 Å². The van der Waals surface area contributed by atoms with Crippen LogP contribution in [0.3, 0.4) is 0 Å². The SMILES string of the molecule is CC1CCCC(C)N1C(=O)c1ccc2c(c1)NC(=O)CCO2. The highest BCUT2D eigenvalue weighted by atomic mass is 16.5. The van der Waals surface area contributed by atoms with Gasteiger partial charge in [0.2, 0.25) is 5.91 Å². The molecule has 0 aromatic heterocycles. The second kappa shape index (κ2) is 5.99. The average molecular weight is 302 g/mol. The maximum absolute atomic E-state index is 12.8. The zero-order valence-corrected chi connectivity index (χ0v) is 13.1. The fourth-order valence-corrected chi connectivity index (χ4v) is 3.32. The molecule has 5 heteroatoms. The molecule has 2 amide bonds. The van der Waals surface area contributed by atoms with Crippen molar-refractivity contribution >= 4 is 17.5 Å². The number of amides is 2. The number of piperidine rings is 1. The lowest BCUT2D eigenvalue weighted by molar-refractivity contribution is -0.116. The van der Waals surface area contributed by atoms with Crippen LogP contribution in [0.15, 0.2) is 18.2 Å². The zero-order valence-electron chi connectivity index (χ0n) is 13.1. The number of hydrogen-bond acceptors (Lipinski definition) is 3. The Balaban J connectivity index is 1.88. The molecule has 1 fully saturated rings. The van der Waals surface area contributed by atoms with E-state index in [-0.39, 0.29) is 23.9 Å². The number of benzene rings is 1. The van der Waals surface area contributed by atoms with Gasteiger partial charge in [-0.1, -0.05) is 0 Å². The van der Waals surface area contributed by atoms with E-state index in [1.165, 1.54) is 6.42 Å². The molecule has 2 aliphatic heterocycles. The number of hydrogen-bond donors (Lipinski definition) is 1. The summed E-state index contributed by atoms with van der Waals surface area (Å²) in [6.45, 7) is 4.57. The van der Waals surface area contributed by atoms with Crippen molar-refractivity contribution in [1.29, 1.82) is 0 Å². The first-order valence-corrected chi connectivity index (χ1v) is 7.95. The summed E-state index contributed by atoms with van der Waals surface area (Å²) in [5, 5.41) is 2.81. The van der Waals surface area contributed by atoms with Crippen LogP contribution in [0.2, 0.25) is 0 Å². The summed E-state index contributed by atoms with van der Waals surface area (Å²) >= 11 is 0. The van der Waals surface area contributed by atoms with Crippen LogP contribution >= 0.6 is 0 Å². The maximum Gasteiger partial charge on any atom is 0.254 e. The van der Waals surface area contributed by atoms with Crippen molar-refractivity contribution < 1.29 is 14.3 Å². The van der Waals surface area contributed by atoms with E-state index in [0.717, 1.165) is 12.8 Å². The number of nitrogens with one attached hydrogen (secondary N) is 1. The van der Waals surface area contributed by atoms with E-state index in [9.17, 15) is 9.59 Å². The van der Waals surface area contributed by atoms with Gasteiger partial charge in [-0.25, -0.2) is 0 Å². The monoisotopic (exact) mass is 302 g/mol. The Bertz CT molecular complexity index is 590. The van der Waals surface area contributed by atoms with E-state index in [0.29, 0.717) is 30.0 Å². The van der Waals surface area contributed by atoms with E-state index in [1.807, 2.05) is 4.90 Å². The summed E-state index contributed by atoms with van der Waals surface area (Å²) in [6.07, 6.45) is 3.58. The Morgan fingerprint density at radius 1 is 1.27 bits per heavy atom. The fourth-order valence-electron chi connectivity index (χ4n) is 3.32. The highest BCUT2D eigenvalue weighted by Crippen LogP contribution is 2.30. The molecule has 1 aromatic carbocycles. The molecular weight excluding hydrogens is 280 g/mol. The van der Waals surface area contributed by atoms with Crippen molar-refractivity contribution in [3.63, 3.8) is 0 Å². The highest BCUT2D eigenvalue weighted by molar-refractivity contribution is 5.99. The molecule has 3 rings (SSSR count). The Labute approximate surface area is 130 Å². The Morgan fingerprint density at radius 2 is 2.00 bits per heavy atom. The van der Waals surface area contributed by atoms with Crippen molar-refractivity contribution in [2.24, 2.45) is 0 Å². The third-order valence-electron chi connectivity index (χ3n) is 4.52. The molecule has 0 radical (unpaired) electrons. The minimum Gasteiger partial charge on any atom is -0.491 e. The first-order valence-electron chi connectivity index (χ1n) is 7.95. The van der Waals surface area contributed by atoms with Crippen molar-refractivity contribution in [1.82, 2.24) is 4.90 Å². The normalized spacial score (nSPS) is 24.8. The van der Waals surface area contributed by atoms with Gasteiger partial charge in [0, 0.05) is 17.6 Å². The Morgan fingerprint density at radius 3 is 2.73 bits per heavy atom. The minimum absolute atomic E-state index is 0.0287. The molecule has 2 aliphatic rings. The van der Waals surface area contributed by atoms with E-state index in [4.69, 9.17) is 4.74 Å². The number of fused-ring (bicyclic) bond motifs is 1. The molecule has 2 atom stereocenters. The molecule has 1 saturated heterocycles. The average Bonchev–Trinajstić information content (AvgIpc) is 2.66. The highest BCUT2D eigenvalue weighted by Gasteiger charge is 2.30. The van der Waals surface area contributed by atoms with Crippen molar-refractivity contribution in [2.75, 3.05) is 11.9 Å². The number of likely N-dealkylation sites (tertiary alicyclic amines) is 1. The maximum atomic E-state index is 12.8. The van der Waals surface area contributed by atoms with Gasteiger partial charge in [0.15, 0.2) is 0 Å². The molecule has 5 nitrogen and oxygen atoms in total. The number of ether oxygens (including phenoxy) is 1. The second-order valence-corrected chi connectivity index (χ2v) is 6.20. The molecule has 0 spiro atoms. The molecule has 118 valence electrons. The number of rotatable bonds is 1. The van der Waals surface area contributed by atoms with Gasteiger partial charge < -0.3 is 15.0 Å². The summed E-state index contributed by atoms with van der Waals surface area (Å²) in [6, 6.07) is 5.79. The molecule has 0 aliphatic carbocycles. The summed E-state index contributed by atoms with van der Waals surface area (Å²) in [5.74, 6) is 0.575. The van der Waals surface area contributed by atoms with Gasteiger partial charge in [0.05, 0.1) is 18.7 Å². The Hall–Kier alpha value is -2.04. The molecule has 0 saturated carbocycles. The number of carbonyl (C=O) groups is 2. The second-order valence-electron chi connectivity index (χ2n) is 6.20. The third kappa shape index (κ3) is 2.80. The molecular formula is C17H22N2O3. The van der Waals surface area contributed by atoms with Crippen molar-refractivity contribution in [3.05, 3.63) is 23.8 Å². The molecule has 1 aromatic rings. The molecule has 22 heavy (non-hydrogen) atoms. The van der Waals surface area contributed by atoms with Gasteiger partial charge in [-0.3, -0.25) is 9.59 Å². The lowest BCUT2D eigenvalue weighted by Gasteiger charge is -2.39. The topological polar surface area (TPSA) is 58.6 Å². The standard InChI is InChI=1S/C17H22N2O3/c1-11-4-3-5-12(2)19(11)17(21)13-6-7-15-14(10-13)18-16(20)8-9-22-15/h6-7,10-12H,3-5,8-9H2,1-2H3,(H,18,20). The van der Waals surface area contributed by atoms with Crippen molar-refractivity contribution in [2.45, 2.75) is 51.6 Å². The number of carbonyl (C=O) groups excluding carboxylic acids is 2. The summed E-state index contributed by atoms with van der Waals surface area (Å²) in [4.78, 5) is 26.5. The van der Waals surface area contributed by atoms with Crippen LogP contribution in [0.25, 0.3) is 0 Å². The van der Waals surface area contributed by atoms with Crippen LogP contribution in [0, 0.1) is 0 Å². The number of nitrogens with zero attached hydrogens (tertiary/aromatic N) is 1. The predicted molar refractivity (Wildman–Crippen MR) is 84.1 cm³/mol. The third-order valence-corrected chi connectivity index (χ3v) is 4.52. The van der Waals surface area contributed by atoms with Gasteiger partial charge in [0.25, 0.3) is 5.91 Å². The first kappa shape index (κ1) is 14.9. The van der Waals surface area contributed by atoms with E-state index in [2.05, 4.69) is 19.2 Å². The van der Waals surface area contributed by atoms with Gasteiger partial charge in [-0.2, -0.15) is 0 Å². The van der Waals surface area contributed by atoms with Crippen LogP contribution in [0.1, 0.15) is 49.9 Å². The zero-order chi connectivity index (χ0) is 15.7. The molecule has 2 unspecified atom stereocenters. The minimum atomic E-state index is -0.0805. The van der Waals surface area contributed by atoms with Crippen LogP contribution in [-0.4, -0.2) is 35.4 Å².